The summed E-state index contributed by atoms with van der Waals surface area (Å²) in [6.45, 7) is 5.01. The number of carbonyl (C=O) groups is 2. The summed E-state index contributed by atoms with van der Waals surface area (Å²) in [7, 11) is 0. The molecule has 1 rings (SSSR count). The van der Waals surface area contributed by atoms with E-state index >= 15 is 0 Å². The molecule has 1 fully saturated rings. The van der Waals surface area contributed by atoms with E-state index in [9.17, 15) is 9.59 Å². The van der Waals surface area contributed by atoms with Crippen molar-refractivity contribution in [2.45, 2.75) is 32.8 Å². The van der Waals surface area contributed by atoms with Crippen molar-refractivity contribution in [3.63, 3.8) is 0 Å². The molecule has 1 heterocycles. The van der Waals surface area contributed by atoms with E-state index in [1.165, 1.54) is 0 Å². The molecule has 0 aromatic carbocycles. The zero-order valence-electron chi connectivity index (χ0n) is 10.9. The normalized spacial score (nSPS) is 19.6. The van der Waals surface area contributed by atoms with Crippen LogP contribution in [-0.4, -0.2) is 43.5 Å². The van der Waals surface area contributed by atoms with E-state index in [2.05, 4.69) is 10.6 Å². The van der Waals surface area contributed by atoms with E-state index in [0.717, 1.165) is 12.8 Å². The third-order valence-electron chi connectivity index (χ3n) is 2.88. The Bertz CT molecular complexity index is 302. The minimum absolute atomic E-state index is 0.0987. The van der Waals surface area contributed by atoms with E-state index in [-0.39, 0.29) is 23.8 Å². The maximum absolute atomic E-state index is 11.7. The highest BCUT2D eigenvalue weighted by Gasteiger charge is 2.26. The summed E-state index contributed by atoms with van der Waals surface area (Å²) in [6.07, 6.45) is 1.39. The standard InChI is InChI=1S/C12H21ClN2O3/c1-12(2,8-13)11(17)15-6-5-14-10(16)9-4-3-7-18-9/h9H,3-8H2,1-2H3,(H,14,16)(H,15,17). The minimum Gasteiger partial charge on any atom is -0.368 e. The van der Waals surface area contributed by atoms with Gasteiger partial charge < -0.3 is 15.4 Å². The fourth-order valence-corrected chi connectivity index (χ4v) is 1.68. The fraction of sp³-hybridized carbons (Fsp3) is 0.833. The van der Waals surface area contributed by atoms with Gasteiger partial charge in [-0.15, -0.1) is 11.6 Å². The summed E-state index contributed by atoms with van der Waals surface area (Å²) in [5.41, 5.74) is -0.583. The summed E-state index contributed by atoms with van der Waals surface area (Å²) in [5, 5.41) is 5.48. The number of halogens is 1. The van der Waals surface area contributed by atoms with Crippen LogP contribution in [0.2, 0.25) is 0 Å². The number of alkyl halides is 1. The quantitative estimate of drug-likeness (QED) is 0.553. The Morgan fingerprint density at radius 1 is 1.33 bits per heavy atom. The predicted octanol–water partition coefficient (Wildman–Crippen LogP) is 0.663. The van der Waals surface area contributed by atoms with E-state index in [0.29, 0.717) is 19.7 Å². The molecule has 0 saturated carbocycles. The van der Waals surface area contributed by atoms with Crippen LogP contribution in [0, 0.1) is 5.41 Å². The Labute approximate surface area is 113 Å². The van der Waals surface area contributed by atoms with Gasteiger partial charge in [0.25, 0.3) is 0 Å². The lowest BCUT2D eigenvalue weighted by molar-refractivity contribution is -0.131. The predicted molar refractivity (Wildman–Crippen MR) is 69.5 cm³/mol. The molecule has 104 valence electrons. The van der Waals surface area contributed by atoms with Crippen LogP contribution < -0.4 is 10.6 Å². The Balaban J connectivity index is 2.15. The molecule has 5 nitrogen and oxygen atoms in total. The second-order valence-electron chi connectivity index (χ2n) is 5.07. The average molecular weight is 277 g/mol. The topological polar surface area (TPSA) is 67.4 Å². The molecule has 1 aliphatic rings. The van der Waals surface area contributed by atoms with Crippen LogP contribution in [0.3, 0.4) is 0 Å². The summed E-state index contributed by atoms with van der Waals surface area (Å²) >= 11 is 5.69. The molecule has 6 heteroatoms. The molecule has 18 heavy (non-hydrogen) atoms. The first-order chi connectivity index (χ1) is 8.47. The summed E-state index contributed by atoms with van der Waals surface area (Å²) in [4.78, 5) is 23.2. The maximum atomic E-state index is 11.7. The summed E-state index contributed by atoms with van der Waals surface area (Å²) < 4.78 is 5.25. The lowest BCUT2D eigenvalue weighted by atomic mass is 9.95. The lowest BCUT2D eigenvalue weighted by Gasteiger charge is -2.20. The molecule has 2 amide bonds. The Hall–Kier alpha value is -0.810. The summed E-state index contributed by atoms with van der Waals surface area (Å²) in [5.74, 6) is 0.0587. The molecular formula is C12H21ClN2O3. The number of ether oxygens (including phenoxy) is 1. The molecule has 0 aromatic rings. The molecule has 0 spiro atoms. The molecule has 2 N–H and O–H groups in total. The van der Waals surface area contributed by atoms with Gasteiger partial charge in [-0.25, -0.2) is 0 Å². The number of hydrogen-bond acceptors (Lipinski definition) is 3. The number of amides is 2. The Morgan fingerprint density at radius 3 is 2.56 bits per heavy atom. The smallest absolute Gasteiger partial charge is 0.249 e. The highest BCUT2D eigenvalue weighted by atomic mass is 35.5. The molecule has 1 atom stereocenters. The van der Waals surface area contributed by atoms with Crippen LogP contribution >= 0.6 is 11.6 Å². The Kier molecular flexibility index (Phi) is 5.88. The van der Waals surface area contributed by atoms with Crippen LogP contribution in [0.5, 0.6) is 0 Å². The largest absolute Gasteiger partial charge is 0.368 e. The van der Waals surface area contributed by atoms with Gasteiger partial charge in [-0.05, 0) is 26.7 Å². The third kappa shape index (κ3) is 4.46. The monoisotopic (exact) mass is 276 g/mol. The van der Waals surface area contributed by atoms with Crippen molar-refractivity contribution in [2.75, 3.05) is 25.6 Å². The van der Waals surface area contributed by atoms with Crippen LogP contribution in [0.25, 0.3) is 0 Å². The number of hydrogen-bond donors (Lipinski definition) is 2. The van der Waals surface area contributed by atoms with Crippen molar-refractivity contribution in [3.8, 4) is 0 Å². The molecule has 1 aliphatic heterocycles. The number of carbonyl (C=O) groups excluding carboxylic acids is 2. The van der Waals surface area contributed by atoms with E-state index in [1.54, 1.807) is 13.8 Å². The minimum atomic E-state index is -0.583. The first-order valence-corrected chi connectivity index (χ1v) is 6.74. The number of nitrogens with one attached hydrogen (secondary N) is 2. The molecule has 0 aromatic heterocycles. The van der Waals surface area contributed by atoms with Gasteiger partial charge in [0.05, 0.1) is 5.41 Å². The average Bonchev–Trinajstić information content (AvgIpc) is 2.87. The van der Waals surface area contributed by atoms with Gasteiger partial charge in [-0.2, -0.15) is 0 Å². The van der Waals surface area contributed by atoms with Crippen molar-refractivity contribution in [1.29, 1.82) is 0 Å². The second-order valence-corrected chi connectivity index (χ2v) is 5.33. The van der Waals surface area contributed by atoms with Crippen molar-refractivity contribution in [2.24, 2.45) is 5.41 Å². The maximum Gasteiger partial charge on any atom is 0.249 e. The van der Waals surface area contributed by atoms with Gasteiger partial charge in [0.15, 0.2) is 0 Å². The Morgan fingerprint density at radius 2 is 2.00 bits per heavy atom. The SMILES string of the molecule is CC(C)(CCl)C(=O)NCCNC(=O)C1CCCO1. The molecule has 1 unspecified atom stereocenters. The molecule has 0 bridgehead atoms. The van der Waals surface area contributed by atoms with Crippen molar-refractivity contribution in [3.05, 3.63) is 0 Å². The lowest BCUT2D eigenvalue weighted by Crippen LogP contribution is -2.43. The van der Waals surface area contributed by atoms with Gasteiger partial charge in [-0.1, -0.05) is 0 Å². The molecule has 1 saturated heterocycles. The fourth-order valence-electron chi connectivity index (χ4n) is 1.56. The van der Waals surface area contributed by atoms with Crippen LogP contribution in [0.15, 0.2) is 0 Å². The zero-order chi connectivity index (χ0) is 13.6. The second kappa shape index (κ2) is 6.95. The molecular weight excluding hydrogens is 256 g/mol. The van der Waals surface area contributed by atoms with Gasteiger partial charge in [-0.3, -0.25) is 9.59 Å². The van der Waals surface area contributed by atoms with Crippen molar-refractivity contribution < 1.29 is 14.3 Å². The highest BCUT2D eigenvalue weighted by molar-refractivity contribution is 6.19. The van der Waals surface area contributed by atoms with Gasteiger partial charge in [0.1, 0.15) is 6.10 Å². The van der Waals surface area contributed by atoms with Gasteiger partial charge in [0, 0.05) is 25.6 Å². The van der Waals surface area contributed by atoms with Crippen LogP contribution in [0.4, 0.5) is 0 Å². The van der Waals surface area contributed by atoms with E-state index in [4.69, 9.17) is 16.3 Å². The molecule has 0 aliphatic carbocycles. The first kappa shape index (κ1) is 15.2. The highest BCUT2D eigenvalue weighted by Crippen LogP contribution is 2.16. The van der Waals surface area contributed by atoms with Gasteiger partial charge >= 0.3 is 0 Å². The van der Waals surface area contributed by atoms with Crippen molar-refractivity contribution in [1.82, 2.24) is 10.6 Å². The third-order valence-corrected chi connectivity index (χ3v) is 3.55. The zero-order valence-corrected chi connectivity index (χ0v) is 11.7. The van der Waals surface area contributed by atoms with E-state index in [1.807, 2.05) is 0 Å². The van der Waals surface area contributed by atoms with E-state index < -0.39 is 5.41 Å². The summed E-state index contributed by atoms with van der Waals surface area (Å²) in [6, 6.07) is 0. The number of rotatable bonds is 6. The van der Waals surface area contributed by atoms with Gasteiger partial charge in [0.2, 0.25) is 11.8 Å². The molecule has 0 radical (unpaired) electrons. The van der Waals surface area contributed by atoms with Crippen molar-refractivity contribution >= 4 is 23.4 Å². The van der Waals surface area contributed by atoms with Crippen LogP contribution in [-0.2, 0) is 14.3 Å². The van der Waals surface area contributed by atoms with Crippen LogP contribution in [0.1, 0.15) is 26.7 Å². The first-order valence-electron chi connectivity index (χ1n) is 6.21.